The van der Waals surface area contributed by atoms with Crippen LogP contribution in [0.3, 0.4) is 0 Å². The number of rotatable bonds is 4. The quantitative estimate of drug-likeness (QED) is 0.186. The first-order chi connectivity index (χ1) is 26.0. The van der Waals surface area contributed by atoms with Gasteiger partial charge in [-0.2, -0.15) is 0 Å². The molecule has 0 radical (unpaired) electrons. The Morgan fingerprint density at radius 3 is 1.81 bits per heavy atom. The summed E-state index contributed by atoms with van der Waals surface area (Å²) >= 11 is 0. The van der Waals surface area contributed by atoms with E-state index in [0.29, 0.717) is 5.82 Å². The van der Waals surface area contributed by atoms with Gasteiger partial charge in [0.1, 0.15) is 5.58 Å². The molecule has 1 aliphatic rings. The van der Waals surface area contributed by atoms with Crippen molar-refractivity contribution in [2.24, 2.45) is 0 Å². The van der Waals surface area contributed by atoms with Gasteiger partial charge in [-0.1, -0.05) is 141 Å². The van der Waals surface area contributed by atoms with Crippen molar-refractivity contribution in [2.75, 3.05) is 0 Å². The first-order valence-corrected chi connectivity index (χ1v) is 18.2. The van der Waals surface area contributed by atoms with E-state index < -0.39 is 0 Å². The molecule has 0 saturated heterocycles. The van der Waals surface area contributed by atoms with Gasteiger partial charge in [-0.3, -0.25) is 0 Å². The summed E-state index contributed by atoms with van der Waals surface area (Å²) in [5, 5.41) is 4.55. The zero-order valence-corrected chi connectivity index (χ0v) is 29.3. The highest BCUT2D eigenvalue weighted by Gasteiger charge is 2.36. The SMILES string of the molecule is CC1(C)c2ccccc2-c2cc3c4ccccc4n(-c4cccc5c4oc4c(-c6nc(-c7ccccc7)cc(-c7ccccc7)n6)cccc45)c3cc21. The zero-order valence-electron chi connectivity index (χ0n) is 29.3. The van der Waals surface area contributed by atoms with Crippen LogP contribution >= 0.6 is 0 Å². The fourth-order valence-corrected chi connectivity index (χ4v) is 8.66. The molecule has 0 N–H and O–H groups in total. The Labute approximate surface area is 306 Å². The highest BCUT2D eigenvalue weighted by molar-refractivity contribution is 6.15. The van der Waals surface area contributed by atoms with E-state index in [1.165, 1.54) is 38.5 Å². The normalized spacial score (nSPS) is 13.2. The molecular weight excluding hydrogens is 647 g/mol. The fourth-order valence-electron chi connectivity index (χ4n) is 8.66. The van der Waals surface area contributed by atoms with Gasteiger partial charge in [-0.05, 0) is 58.7 Å². The molecule has 0 fully saturated rings. The highest BCUT2D eigenvalue weighted by atomic mass is 16.3. The lowest BCUT2D eigenvalue weighted by molar-refractivity contribution is 0.660. The van der Waals surface area contributed by atoms with E-state index in [-0.39, 0.29) is 5.41 Å². The maximum absolute atomic E-state index is 7.07. The van der Waals surface area contributed by atoms with Gasteiger partial charge < -0.3 is 8.98 Å². The number of fused-ring (bicyclic) bond motifs is 9. The minimum Gasteiger partial charge on any atom is -0.453 e. The average Bonchev–Trinajstić information content (AvgIpc) is 3.83. The van der Waals surface area contributed by atoms with E-state index in [4.69, 9.17) is 14.4 Å². The van der Waals surface area contributed by atoms with Crippen molar-refractivity contribution >= 4 is 43.7 Å². The topological polar surface area (TPSA) is 43.9 Å². The van der Waals surface area contributed by atoms with Gasteiger partial charge in [0.15, 0.2) is 11.4 Å². The van der Waals surface area contributed by atoms with Gasteiger partial charge in [0.05, 0.1) is 33.7 Å². The van der Waals surface area contributed by atoms with Crippen LogP contribution in [0.1, 0.15) is 25.0 Å². The molecule has 0 unspecified atom stereocenters. The Morgan fingerprint density at radius 1 is 0.453 bits per heavy atom. The predicted octanol–water partition coefficient (Wildman–Crippen LogP) is 12.8. The van der Waals surface area contributed by atoms with E-state index in [2.05, 4.69) is 146 Å². The van der Waals surface area contributed by atoms with Crippen molar-refractivity contribution in [3.63, 3.8) is 0 Å². The van der Waals surface area contributed by atoms with Crippen LogP contribution < -0.4 is 0 Å². The summed E-state index contributed by atoms with van der Waals surface area (Å²) in [7, 11) is 0. The fraction of sp³-hybridized carbons (Fsp3) is 0.0612. The van der Waals surface area contributed by atoms with Gasteiger partial charge in [0, 0.05) is 38.1 Å². The largest absolute Gasteiger partial charge is 0.453 e. The summed E-state index contributed by atoms with van der Waals surface area (Å²) in [6.07, 6.45) is 0. The summed E-state index contributed by atoms with van der Waals surface area (Å²) in [6, 6.07) is 57.9. The summed E-state index contributed by atoms with van der Waals surface area (Å²) < 4.78 is 9.46. The smallest absolute Gasteiger partial charge is 0.164 e. The van der Waals surface area contributed by atoms with Gasteiger partial charge in [0.25, 0.3) is 0 Å². The van der Waals surface area contributed by atoms with Crippen LogP contribution in [0.5, 0.6) is 0 Å². The lowest BCUT2D eigenvalue weighted by Crippen LogP contribution is -2.14. The maximum atomic E-state index is 7.07. The Balaban J connectivity index is 1.17. The van der Waals surface area contributed by atoms with Gasteiger partial charge >= 0.3 is 0 Å². The predicted molar refractivity (Wildman–Crippen MR) is 218 cm³/mol. The zero-order chi connectivity index (χ0) is 35.3. The molecule has 3 aromatic heterocycles. The van der Waals surface area contributed by atoms with Crippen LogP contribution in [-0.2, 0) is 5.41 Å². The Bertz CT molecular complexity index is 3020. The molecule has 0 aliphatic heterocycles. The number of para-hydroxylation sites is 3. The second kappa shape index (κ2) is 11.1. The summed E-state index contributed by atoms with van der Waals surface area (Å²) in [6.45, 7) is 4.69. The second-order valence-corrected chi connectivity index (χ2v) is 14.6. The third kappa shape index (κ3) is 4.36. The summed E-state index contributed by atoms with van der Waals surface area (Å²) in [4.78, 5) is 10.3. The molecule has 0 spiro atoms. The lowest BCUT2D eigenvalue weighted by Gasteiger charge is -2.21. The minimum absolute atomic E-state index is 0.117. The number of nitrogens with zero attached hydrogens (tertiary/aromatic N) is 3. The molecule has 1 aliphatic carbocycles. The van der Waals surface area contributed by atoms with E-state index >= 15 is 0 Å². The van der Waals surface area contributed by atoms with Crippen molar-refractivity contribution in [3.8, 4) is 50.7 Å². The molecule has 0 amide bonds. The lowest BCUT2D eigenvalue weighted by atomic mass is 9.82. The van der Waals surface area contributed by atoms with Crippen LogP contribution in [-0.4, -0.2) is 14.5 Å². The highest BCUT2D eigenvalue weighted by Crippen LogP contribution is 2.51. The Morgan fingerprint density at radius 2 is 1.06 bits per heavy atom. The van der Waals surface area contributed by atoms with Crippen molar-refractivity contribution < 1.29 is 4.42 Å². The standard InChI is InChI=1S/C49H33N3O/c1-49(2)39-24-11-9-19-32(39)37-27-38-33-20-10-12-25-43(33)52(45(38)28-40(37)49)44-26-14-22-35-34-21-13-23-36(46(34)53-47(35)44)48-50-41(30-15-5-3-6-16-30)29-42(51-48)31-17-7-4-8-18-31/h3-29H,1-2H3. The number of furan rings is 1. The molecular formula is C49H33N3O. The molecule has 0 bridgehead atoms. The van der Waals surface area contributed by atoms with Gasteiger partial charge in [0.2, 0.25) is 0 Å². The van der Waals surface area contributed by atoms with Gasteiger partial charge in [-0.15, -0.1) is 0 Å². The van der Waals surface area contributed by atoms with Crippen LogP contribution in [0.15, 0.2) is 168 Å². The third-order valence-corrected chi connectivity index (χ3v) is 11.2. The Hall–Kier alpha value is -6.78. The van der Waals surface area contributed by atoms with Gasteiger partial charge in [-0.25, -0.2) is 9.97 Å². The van der Waals surface area contributed by atoms with Crippen LogP contribution in [0, 0.1) is 0 Å². The minimum atomic E-state index is -0.117. The van der Waals surface area contributed by atoms with Crippen molar-refractivity contribution in [1.29, 1.82) is 0 Å². The molecule has 3 heterocycles. The van der Waals surface area contributed by atoms with E-state index in [1.807, 2.05) is 36.4 Å². The van der Waals surface area contributed by atoms with E-state index in [0.717, 1.165) is 61.2 Å². The van der Waals surface area contributed by atoms with Crippen molar-refractivity contribution in [2.45, 2.75) is 19.3 Å². The number of aromatic nitrogens is 3. The number of benzene rings is 7. The van der Waals surface area contributed by atoms with Crippen LogP contribution in [0.2, 0.25) is 0 Å². The summed E-state index contributed by atoms with van der Waals surface area (Å²) in [5.74, 6) is 0.630. The maximum Gasteiger partial charge on any atom is 0.164 e. The van der Waals surface area contributed by atoms with E-state index in [1.54, 1.807) is 0 Å². The molecule has 11 rings (SSSR count). The summed E-state index contributed by atoms with van der Waals surface area (Å²) in [5.41, 5.74) is 14.9. The molecule has 4 heteroatoms. The molecule has 7 aromatic carbocycles. The molecule has 10 aromatic rings. The van der Waals surface area contributed by atoms with Crippen LogP contribution in [0.25, 0.3) is 94.5 Å². The molecule has 53 heavy (non-hydrogen) atoms. The average molecular weight is 680 g/mol. The molecule has 0 atom stereocenters. The Kier molecular flexibility index (Phi) is 6.27. The van der Waals surface area contributed by atoms with Crippen LogP contribution in [0.4, 0.5) is 0 Å². The number of hydrogen-bond donors (Lipinski definition) is 0. The first kappa shape index (κ1) is 29.9. The third-order valence-electron chi connectivity index (χ3n) is 11.2. The second-order valence-electron chi connectivity index (χ2n) is 14.6. The molecule has 0 saturated carbocycles. The van der Waals surface area contributed by atoms with Crippen molar-refractivity contribution in [3.05, 3.63) is 175 Å². The van der Waals surface area contributed by atoms with Crippen molar-refractivity contribution in [1.82, 2.24) is 14.5 Å². The molecule has 4 nitrogen and oxygen atoms in total. The first-order valence-electron chi connectivity index (χ1n) is 18.2. The van der Waals surface area contributed by atoms with E-state index in [9.17, 15) is 0 Å². The molecule has 250 valence electrons. The monoisotopic (exact) mass is 679 g/mol. The number of hydrogen-bond acceptors (Lipinski definition) is 3.